The largest absolute Gasteiger partial charge is 0.349 e. The zero-order chi connectivity index (χ0) is 9.97. The third-order valence-electron chi connectivity index (χ3n) is 1.81. The number of hydrogen-bond acceptors (Lipinski definition) is 3. The third kappa shape index (κ3) is 1.71. The number of fused-ring (bicyclic) bond motifs is 1. The SMILES string of the molecule is CC(=O)NCc1nc2cccnc2[nH]1. The van der Waals surface area contributed by atoms with Crippen molar-refractivity contribution in [2.45, 2.75) is 13.5 Å². The van der Waals surface area contributed by atoms with Gasteiger partial charge in [-0.15, -0.1) is 0 Å². The van der Waals surface area contributed by atoms with Crippen molar-refractivity contribution in [2.24, 2.45) is 0 Å². The first-order chi connectivity index (χ1) is 6.75. The van der Waals surface area contributed by atoms with Gasteiger partial charge in [-0.2, -0.15) is 0 Å². The van der Waals surface area contributed by atoms with Crippen LogP contribution in [0.4, 0.5) is 0 Å². The van der Waals surface area contributed by atoms with Gasteiger partial charge in [-0.1, -0.05) is 0 Å². The van der Waals surface area contributed by atoms with Crippen molar-refractivity contribution >= 4 is 17.1 Å². The zero-order valence-corrected chi connectivity index (χ0v) is 7.74. The Morgan fingerprint density at radius 2 is 2.50 bits per heavy atom. The van der Waals surface area contributed by atoms with Gasteiger partial charge in [0.15, 0.2) is 5.65 Å². The zero-order valence-electron chi connectivity index (χ0n) is 7.74. The topological polar surface area (TPSA) is 70.7 Å². The number of nitrogens with one attached hydrogen (secondary N) is 2. The Labute approximate surface area is 80.6 Å². The van der Waals surface area contributed by atoms with Crippen molar-refractivity contribution in [1.82, 2.24) is 20.3 Å². The van der Waals surface area contributed by atoms with Gasteiger partial charge in [-0.25, -0.2) is 9.97 Å². The Morgan fingerprint density at radius 3 is 3.21 bits per heavy atom. The molecular weight excluding hydrogens is 180 g/mol. The molecule has 2 aromatic heterocycles. The van der Waals surface area contributed by atoms with Gasteiger partial charge < -0.3 is 10.3 Å². The second kappa shape index (κ2) is 3.45. The van der Waals surface area contributed by atoms with Crippen molar-refractivity contribution in [3.63, 3.8) is 0 Å². The lowest BCUT2D eigenvalue weighted by atomic mass is 10.4. The van der Waals surface area contributed by atoms with Gasteiger partial charge in [0.1, 0.15) is 11.3 Å². The maximum atomic E-state index is 10.7. The van der Waals surface area contributed by atoms with Crippen LogP contribution < -0.4 is 5.32 Å². The van der Waals surface area contributed by atoms with Crippen LogP contribution in [-0.4, -0.2) is 20.9 Å². The van der Waals surface area contributed by atoms with Crippen LogP contribution in [0.1, 0.15) is 12.7 Å². The standard InChI is InChI=1S/C9H10N4O/c1-6(14)11-5-8-12-7-3-2-4-10-9(7)13-8/h2-4H,5H2,1H3,(H,11,14)(H,10,12,13). The molecule has 0 unspecified atom stereocenters. The number of hydrogen-bond donors (Lipinski definition) is 2. The molecule has 14 heavy (non-hydrogen) atoms. The molecule has 0 bridgehead atoms. The fourth-order valence-electron chi connectivity index (χ4n) is 1.19. The molecule has 2 N–H and O–H groups in total. The highest BCUT2D eigenvalue weighted by atomic mass is 16.1. The first-order valence-corrected chi connectivity index (χ1v) is 4.30. The van der Waals surface area contributed by atoms with Gasteiger partial charge in [-0.3, -0.25) is 4.79 Å². The summed E-state index contributed by atoms with van der Waals surface area (Å²) < 4.78 is 0. The lowest BCUT2D eigenvalue weighted by Crippen LogP contribution is -2.19. The summed E-state index contributed by atoms with van der Waals surface area (Å²) in [4.78, 5) is 22.0. The minimum atomic E-state index is -0.0709. The van der Waals surface area contributed by atoms with Crippen LogP contribution in [0.3, 0.4) is 0 Å². The fourth-order valence-corrected chi connectivity index (χ4v) is 1.19. The van der Waals surface area contributed by atoms with Crippen molar-refractivity contribution in [1.29, 1.82) is 0 Å². The van der Waals surface area contributed by atoms with E-state index in [1.807, 2.05) is 12.1 Å². The van der Waals surface area contributed by atoms with E-state index in [1.54, 1.807) is 6.20 Å². The summed E-state index contributed by atoms with van der Waals surface area (Å²) in [5, 5.41) is 2.66. The molecule has 0 aromatic carbocycles. The molecule has 0 aliphatic rings. The quantitative estimate of drug-likeness (QED) is 0.728. The van der Waals surface area contributed by atoms with E-state index in [4.69, 9.17) is 0 Å². The number of rotatable bonds is 2. The van der Waals surface area contributed by atoms with E-state index in [1.165, 1.54) is 6.92 Å². The highest BCUT2D eigenvalue weighted by molar-refractivity contribution is 5.73. The molecule has 0 aliphatic heterocycles. The average molecular weight is 190 g/mol. The van der Waals surface area contributed by atoms with Crippen molar-refractivity contribution in [3.8, 4) is 0 Å². The lowest BCUT2D eigenvalue weighted by molar-refractivity contribution is -0.119. The lowest BCUT2D eigenvalue weighted by Gasteiger charge is -1.95. The Hall–Kier alpha value is -1.91. The number of aromatic nitrogens is 3. The highest BCUT2D eigenvalue weighted by Crippen LogP contribution is 2.06. The predicted molar refractivity (Wildman–Crippen MR) is 51.4 cm³/mol. The summed E-state index contributed by atoms with van der Waals surface area (Å²) in [6.07, 6.45) is 1.70. The van der Waals surface area contributed by atoms with Crippen molar-refractivity contribution < 1.29 is 4.79 Å². The Morgan fingerprint density at radius 1 is 1.64 bits per heavy atom. The van der Waals surface area contributed by atoms with E-state index in [0.717, 1.165) is 11.2 Å². The minimum Gasteiger partial charge on any atom is -0.349 e. The smallest absolute Gasteiger partial charge is 0.217 e. The summed E-state index contributed by atoms with van der Waals surface area (Å²) >= 11 is 0. The fraction of sp³-hybridized carbons (Fsp3) is 0.222. The van der Waals surface area contributed by atoms with Crippen molar-refractivity contribution in [2.75, 3.05) is 0 Å². The second-order valence-corrected chi connectivity index (χ2v) is 2.96. The minimum absolute atomic E-state index is 0.0709. The van der Waals surface area contributed by atoms with E-state index < -0.39 is 0 Å². The van der Waals surface area contributed by atoms with Gasteiger partial charge in [0, 0.05) is 13.1 Å². The van der Waals surface area contributed by atoms with Gasteiger partial charge >= 0.3 is 0 Å². The van der Waals surface area contributed by atoms with Gasteiger partial charge in [-0.05, 0) is 12.1 Å². The molecule has 5 heteroatoms. The summed E-state index contributed by atoms with van der Waals surface area (Å²) in [7, 11) is 0. The molecule has 1 amide bonds. The molecule has 0 atom stereocenters. The highest BCUT2D eigenvalue weighted by Gasteiger charge is 2.02. The van der Waals surface area contributed by atoms with E-state index in [9.17, 15) is 4.79 Å². The van der Waals surface area contributed by atoms with Crippen LogP contribution in [0, 0.1) is 0 Å². The van der Waals surface area contributed by atoms with Gasteiger partial charge in [0.05, 0.1) is 6.54 Å². The first kappa shape index (κ1) is 8.68. The maximum Gasteiger partial charge on any atom is 0.217 e. The number of amides is 1. The summed E-state index contributed by atoms with van der Waals surface area (Å²) in [5.74, 6) is 0.646. The molecule has 0 aliphatic carbocycles. The number of nitrogens with zero attached hydrogens (tertiary/aromatic N) is 2. The maximum absolute atomic E-state index is 10.7. The molecule has 0 fully saturated rings. The average Bonchev–Trinajstić information content (AvgIpc) is 2.57. The molecule has 2 aromatic rings. The number of aromatic amines is 1. The Bertz CT molecular complexity index is 430. The van der Waals surface area contributed by atoms with Crippen LogP contribution in [0.5, 0.6) is 0 Å². The molecule has 2 rings (SSSR count). The Kier molecular flexibility index (Phi) is 2.14. The van der Waals surface area contributed by atoms with Gasteiger partial charge in [0.25, 0.3) is 0 Å². The van der Waals surface area contributed by atoms with Crippen LogP contribution in [0.2, 0.25) is 0 Å². The molecule has 2 heterocycles. The van der Waals surface area contributed by atoms with Gasteiger partial charge in [0.2, 0.25) is 5.91 Å². The van der Waals surface area contributed by atoms with E-state index in [0.29, 0.717) is 12.4 Å². The number of carbonyl (C=O) groups excluding carboxylic acids is 1. The molecule has 0 saturated carbocycles. The number of H-pyrrole nitrogens is 1. The van der Waals surface area contributed by atoms with Crippen LogP contribution in [0.15, 0.2) is 18.3 Å². The molecule has 0 spiro atoms. The second-order valence-electron chi connectivity index (χ2n) is 2.96. The number of imidazole rings is 1. The number of carbonyl (C=O) groups is 1. The Balaban J connectivity index is 2.22. The van der Waals surface area contributed by atoms with Crippen molar-refractivity contribution in [3.05, 3.63) is 24.2 Å². The molecule has 5 nitrogen and oxygen atoms in total. The van der Waals surface area contributed by atoms with Crippen LogP contribution in [0.25, 0.3) is 11.2 Å². The molecule has 72 valence electrons. The number of pyridine rings is 1. The molecule has 0 radical (unpaired) electrons. The van der Waals surface area contributed by atoms with E-state index >= 15 is 0 Å². The van der Waals surface area contributed by atoms with E-state index in [-0.39, 0.29) is 5.91 Å². The summed E-state index contributed by atoms with van der Waals surface area (Å²) in [6.45, 7) is 1.88. The monoisotopic (exact) mass is 190 g/mol. The van der Waals surface area contributed by atoms with Crippen LogP contribution in [-0.2, 0) is 11.3 Å². The molecule has 0 saturated heterocycles. The molecular formula is C9H10N4O. The summed E-state index contributed by atoms with van der Waals surface area (Å²) in [6, 6.07) is 3.70. The summed E-state index contributed by atoms with van der Waals surface area (Å²) in [5.41, 5.74) is 1.56. The first-order valence-electron chi connectivity index (χ1n) is 4.30. The van der Waals surface area contributed by atoms with Crippen LogP contribution >= 0.6 is 0 Å². The predicted octanol–water partition coefficient (Wildman–Crippen LogP) is 0.594. The van der Waals surface area contributed by atoms with E-state index in [2.05, 4.69) is 20.3 Å². The normalized spacial score (nSPS) is 10.4. The third-order valence-corrected chi connectivity index (χ3v) is 1.81.